The predicted molar refractivity (Wildman–Crippen MR) is 127 cm³/mol. The molecule has 3 aromatic carbocycles. The van der Waals surface area contributed by atoms with Crippen LogP contribution in [0, 0.1) is 5.82 Å². The van der Waals surface area contributed by atoms with Gasteiger partial charge in [0.2, 0.25) is 5.88 Å². The summed E-state index contributed by atoms with van der Waals surface area (Å²) in [6.07, 6.45) is 2.06. The highest BCUT2D eigenvalue weighted by Gasteiger charge is 2.34. The standard InChI is InChI=1S/C27H22FN3O3/c1-17(32)34-27-24(25(19-10-11-19)30-31(27)23-8-3-2-4-9-23)18-12-14-22(15-13-18)29-26(33)20-6-5-7-21(28)16-20/h2-9,12-16,19H,10-11H2,1H3,(H,29,33). The number of aromatic nitrogens is 2. The lowest BCUT2D eigenvalue weighted by atomic mass is 10.0. The highest BCUT2D eigenvalue weighted by atomic mass is 19.1. The van der Waals surface area contributed by atoms with Gasteiger partial charge in [0.1, 0.15) is 5.82 Å². The van der Waals surface area contributed by atoms with Gasteiger partial charge in [-0.2, -0.15) is 9.78 Å². The summed E-state index contributed by atoms with van der Waals surface area (Å²) in [5.41, 5.74) is 4.08. The van der Waals surface area contributed by atoms with Gasteiger partial charge in [-0.25, -0.2) is 4.39 Å². The average Bonchev–Trinajstić information content (AvgIpc) is 3.62. The molecule has 1 aromatic heterocycles. The van der Waals surface area contributed by atoms with Gasteiger partial charge in [0.15, 0.2) is 0 Å². The molecule has 6 nitrogen and oxygen atoms in total. The summed E-state index contributed by atoms with van der Waals surface area (Å²) in [5, 5.41) is 7.60. The topological polar surface area (TPSA) is 73.2 Å². The lowest BCUT2D eigenvalue weighted by Gasteiger charge is -2.10. The Balaban J connectivity index is 1.51. The van der Waals surface area contributed by atoms with Gasteiger partial charge in [0.25, 0.3) is 5.91 Å². The molecule has 1 aliphatic carbocycles. The van der Waals surface area contributed by atoms with Crippen LogP contribution in [-0.4, -0.2) is 21.7 Å². The third-order valence-electron chi connectivity index (χ3n) is 5.59. The second kappa shape index (κ2) is 8.94. The van der Waals surface area contributed by atoms with E-state index in [1.54, 1.807) is 22.9 Å². The van der Waals surface area contributed by atoms with Crippen LogP contribution >= 0.6 is 0 Å². The Bertz CT molecular complexity index is 1360. The summed E-state index contributed by atoms with van der Waals surface area (Å²) in [6, 6.07) is 22.3. The first-order valence-corrected chi connectivity index (χ1v) is 11.0. The van der Waals surface area contributed by atoms with Gasteiger partial charge in [-0.05, 0) is 60.9 Å². The zero-order valence-electron chi connectivity index (χ0n) is 18.5. The Morgan fingerprint density at radius 3 is 2.38 bits per heavy atom. The number of amides is 1. The van der Waals surface area contributed by atoms with Gasteiger partial charge in [0, 0.05) is 24.1 Å². The molecule has 0 unspecified atom stereocenters. The summed E-state index contributed by atoms with van der Waals surface area (Å²) >= 11 is 0. The van der Waals surface area contributed by atoms with Crippen LogP contribution in [0.25, 0.3) is 16.8 Å². The van der Waals surface area contributed by atoms with Crippen LogP contribution < -0.4 is 10.1 Å². The van der Waals surface area contributed by atoms with E-state index in [1.807, 2.05) is 42.5 Å². The Kier molecular flexibility index (Phi) is 5.67. The molecule has 1 saturated carbocycles. The number of esters is 1. The monoisotopic (exact) mass is 455 g/mol. The van der Waals surface area contributed by atoms with E-state index in [4.69, 9.17) is 9.84 Å². The van der Waals surface area contributed by atoms with Gasteiger partial charge in [0.05, 0.1) is 16.9 Å². The van der Waals surface area contributed by atoms with E-state index in [9.17, 15) is 14.0 Å². The molecule has 5 rings (SSSR count). The van der Waals surface area contributed by atoms with Gasteiger partial charge in [-0.15, -0.1) is 0 Å². The fourth-order valence-electron chi connectivity index (χ4n) is 3.86. The largest absolute Gasteiger partial charge is 0.407 e. The molecule has 7 heteroatoms. The SMILES string of the molecule is CC(=O)Oc1c(-c2ccc(NC(=O)c3cccc(F)c3)cc2)c(C2CC2)nn1-c1ccccc1. The molecule has 0 atom stereocenters. The van der Waals surface area contributed by atoms with Gasteiger partial charge in [-0.1, -0.05) is 36.4 Å². The Morgan fingerprint density at radius 2 is 1.74 bits per heavy atom. The molecule has 4 aromatic rings. The van der Waals surface area contributed by atoms with Crippen molar-refractivity contribution in [1.29, 1.82) is 0 Å². The lowest BCUT2D eigenvalue weighted by Crippen LogP contribution is -2.11. The number of anilines is 1. The molecule has 0 bridgehead atoms. The molecule has 1 N–H and O–H groups in total. The maximum atomic E-state index is 13.4. The molecule has 0 radical (unpaired) electrons. The van der Waals surface area contributed by atoms with Gasteiger partial charge in [-0.3, -0.25) is 9.59 Å². The normalized spacial score (nSPS) is 12.9. The fraction of sp³-hybridized carbons (Fsp3) is 0.148. The molecule has 170 valence electrons. The molecule has 0 spiro atoms. The van der Waals surface area contributed by atoms with Crippen molar-refractivity contribution >= 4 is 17.6 Å². The number of nitrogens with zero attached hydrogens (tertiary/aromatic N) is 2. The van der Waals surface area contributed by atoms with Crippen LogP contribution in [0.1, 0.15) is 41.7 Å². The van der Waals surface area contributed by atoms with Crippen LogP contribution in [0.3, 0.4) is 0 Å². The number of ether oxygens (including phenoxy) is 1. The quantitative estimate of drug-likeness (QED) is 0.377. The van der Waals surface area contributed by atoms with Crippen molar-refractivity contribution in [3.05, 3.63) is 95.9 Å². The maximum Gasteiger partial charge on any atom is 0.309 e. The molecule has 0 aliphatic heterocycles. The van der Waals surface area contributed by atoms with Crippen molar-refractivity contribution in [2.45, 2.75) is 25.7 Å². The van der Waals surface area contributed by atoms with Crippen LogP contribution in [0.2, 0.25) is 0 Å². The van der Waals surface area contributed by atoms with E-state index in [0.29, 0.717) is 17.5 Å². The Labute approximate surface area is 196 Å². The maximum absolute atomic E-state index is 13.4. The Morgan fingerprint density at radius 1 is 1.00 bits per heavy atom. The molecule has 1 fully saturated rings. The number of hydrogen-bond donors (Lipinski definition) is 1. The molecular formula is C27H22FN3O3. The third-order valence-corrected chi connectivity index (χ3v) is 5.59. The third kappa shape index (κ3) is 4.45. The molecule has 1 heterocycles. The number of benzene rings is 3. The van der Waals surface area contributed by atoms with E-state index < -0.39 is 17.7 Å². The number of hydrogen-bond acceptors (Lipinski definition) is 4. The van der Waals surface area contributed by atoms with Crippen molar-refractivity contribution in [2.75, 3.05) is 5.32 Å². The van der Waals surface area contributed by atoms with Crippen molar-refractivity contribution in [3.63, 3.8) is 0 Å². The summed E-state index contributed by atoms with van der Waals surface area (Å²) < 4.78 is 20.8. The lowest BCUT2D eigenvalue weighted by molar-refractivity contribution is -0.132. The Hall–Kier alpha value is -4.26. The minimum Gasteiger partial charge on any atom is -0.407 e. The zero-order valence-corrected chi connectivity index (χ0v) is 18.5. The number of halogens is 1. The number of nitrogens with one attached hydrogen (secondary N) is 1. The second-order valence-electron chi connectivity index (χ2n) is 8.22. The first-order chi connectivity index (χ1) is 16.5. The van der Waals surface area contributed by atoms with Crippen LogP contribution in [0.4, 0.5) is 10.1 Å². The molecular weight excluding hydrogens is 433 g/mol. The van der Waals surface area contributed by atoms with E-state index in [1.165, 1.54) is 25.1 Å². The van der Waals surface area contributed by atoms with Gasteiger partial charge >= 0.3 is 5.97 Å². The number of para-hydroxylation sites is 1. The summed E-state index contributed by atoms with van der Waals surface area (Å²) in [7, 11) is 0. The van der Waals surface area contributed by atoms with Crippen molar-refractivity contribution in [2.24, 2.45) is 0 Å². The van der Waals surface area contributed by atoms with Gasteiger partial charge < -0.3 is 10.1 Å². The molecule has 1 amide bonds. The van der Waals surface area contributed by atoms with E-state index in [-0.39, 0.29) is 5.56 Å². The predicted octanol–water partition coefficient (Wildman–Crippen LogP) is 5.73. The van der Waals surface area contributed by atoms with E-state index >= 15 is 0 Å². The summed E-state index contributed by atoms with van der Waals surface area (Å²) in [5.74, 6) is -0.620. The second-order valence-corrected chi connectivity index (χ2v) is 8.22. The first kappa shape index (κ1) is 21.6. The van der Waals surface area contributed by atoms with Crippen LogP contribution in [0.15, 0.2) is 78.9 Å². The van der Waals surface area contributed by atoms with E-state index in [0.717, 1.165) is 35.3 Å². The van der Waals surface area contributed by atoms with Crippen LogP contribution in [-0.2, 0) is 4.79 Å². The molecule has 34 heavy (non-hydrogen) atoms. The van der Waals surface area contributed by atoms with Crippen molar-refractivity contribution in [1.82, 2.24) is 9.78 Å². The first-order valence-electron chi connectivity index (χ1n) is 11.0. The summed E-state index contributed by atoms with van der Waals surface area (Å²) in [4.78, 5) is 24.4. The van der Waals surface area contributed by atoms with E-state index in [2.05, 4.69) is 5.32 Å². The number of rotatable bonds is 6. The van der Waals surface area contributed by atoms with Crippen molar-refractivity contribution < 1.29 is 18.7 Å². The number of carbonyl (C=O) groups excluding carboxylic acids is 2. The van der Waals surface area contributed by atoms with Crippen LogP contribution in [0.5, 0.6) is 5.88 Å². The minimum absolute atomic E-state index is 0.237. The number of carbonyl (C=O) groups is 2. The molecule has 1 aliphatic rings. The minimum atomic E-state index is -0.468. The highest BCUT2D eigenvalue weighted by molar-refractivity contribution is 6.04. The van der Waals surface area contributed by atoms with Crippen molar-refractivity contribution in [3.8, 4) is 22.7 Å². The summed E-state index contributed by atoms with van der Waals surface area (Å²) in [6.45, 7) is 1.37. The highest BCUT2D eigenvalue weighted by Crippen LogP contribution is 2.48. The average molecular weight is 455 g/mol. The molecule has 0 saturated heterocycles. The zero-order chi connectivity index (χ0) is 23.7. The fourth-order valence-corrected chi connectivity index (χ4v) is 3.86. The smallest absolute Gasteiger partial charge is 0.309 e.